The zero-order chi connectivity index (χ0) is 19.1. The van der Waals surface area contributed by atoms with Crippen LogP contribution >= 0.6 is 0 Å². The van der Waals surface area contributed by atoms with Gasteiger partial charge in [-0.05, 0) is 34.7 Å². The summed E-state index contributed by atoms with van der Waals surface area (Å²) in [5.74, 6) is 0. The second-order valence-corrected chi connectivity index (χ2v) is 6.92. The lowest BCUT2D eigenvalue weighted by atomic mass is 9.99. The van der Waals surface area contributed by atoms with E-state index in [1.165, 1.54) is 22.3 Å². The molecule has 1 unspecified atom stereocenters. The molecule has 1 atom stereocenters. The van der Waals surface area contributed by atoms with Crippen LogP contribution in [0.25, 0.3) is 11.1 Å². The Labute approximate surface area is 162 Å². The lowest BCUT2D eigenvalue weighted by Gasteiger charge is -2.24. The summed E-state index contributed by atoms with van der Waals surface area (Å²) in [6.45, 7) is 8.10. The van der Waals surface area contributed by atoms with Crippen LogP contribution in [0.5, 0.6) is 0 Å². The molecule has 2 heteroatoms. The Bertz CT molecular complexity index is 855. The second kappa shape index (κ2) is 9.31. The SMILES string of the molecule is C=CCN(Cc1ccc(-c2ccccc2C)cc1)CC(O)c1ccccc1. The van der Waals surface area contributed by atoms with Crippen molar-refractivity contribution in [1.29, 1.82) is 0 Å². The van der Waals surface area contributed by atoms with Gasteiger partial charge in [0.25, 0.3) is 0 Å². The molecule has 0 aliphatic carbocycles. The van der Waals surface area contributed by atoms with Crippen molar-refractivity contribution >= 4 is 0 Å². The first kappa shape index (κ1) is 19.1. The van der Waals surface area contributed by atoms with E-state index in [2.05, 4.69) is 66.9 Å². The zero-order valence-corrected chi connectivity index (χ0v) is 15.9. The summed E-state index contributed by atoms with van der Waals surface area (Å²) in [5.41, 5.74) is 5.96. The third-order valence-electron chi connectivity index (χ3n) is 4.82. The molecule has 3 aromatic rings. The fourth-order valence-corrected chi connectivity index (χ4v) is 3.36. The van der Waals surface area contributed by atoms with Gasteiger partial charge in [-0.15, -0.1) is 6.58 Å². The van der Waals surface area contributed by atoms with Crippen LogP contribution < -0.4 is 0 Å². The van der Waals surface area contributed by atoms with Crippen molar-refractivity contribution in [3.8, 4) is 11.1 Å². The molecule has 138 valence electrons. The van der Waals surface area contributed by atoms with Crippen LogP contribution in [0.3, 0.4) is 0 Å². The Kier molecular flexibility index (Phi) is 6.59. The fourth-order valence-electron chi connectivity index (χ4n) is 3.36. The first-order valence-corrected chi connectivity index (χ1v) is 9.38. The highest BCUT2D eigenvalue weighted by Crippen LogP contribution is 2.24. The van der Waals surface area contributed by atoms with Crippen LogP contribution in [-0.2, 0) is 6.54 Å². The minimum Gasteiger partial charge on any atom is -0.387 e. The monoisotopic (exact) mass is 357 g/mol. The highest BCUT2D eigenvalue weighted by molar-refractivity contribution is 5.67. The number of aryl methyl sites for hydroxylation is 1. The smallest absolute Gasteiger partial charge is 0.0917 e. The molecule has 1 N–H and O–H groups in total. The van der Waals surface area contributed by atoms with E-state index in [0.717, 1.165) is 18.7 Å². The van der Waals surface area contributed by atoms with Crippen LogP contribution in [-0.4, -0.2) is 23.1 Å². The van der Waals surface area contributed by atoms with Gasteiger partial charge in [-0.1, -0.05) is 84.9 Å². The van der Waals surface area contributed by atoms with Gasteiger partial charge in [0, 0.05) is 19.6 Å². The molecule has 0 aliphatic rings. The summed E-state index contributed by atoms with van der Waals surface area (Å²) in [7, 11) is 0. The molecule has 0 fully saturated rings. The predicted octanol–water partition coefficient (Wildman–Crippen LogP) is 5.38. The van der Waals surface area contributed by atoms with Gasteiger partial charge in [-0.25, -0.2) is 0 Å². The molecular weight excluding hydrogens is 330 g/mol. The van der Waals surface area contributed by atoms with E-state index in [-0.39, 0.29) is 0 Å². The number of aliphatic hydroxyl groups is 1. The van der Waals surface area contributed by atoms with Crippen molar-refractivity contribution < 1.29 is 5.11 Å². The number of hydrogen-bond donors (Lipinski definition) is 1. The lowest BCUT2D eigenvalue weighted by Crippen LogP contribution is -2.28. The number of hydrogen-bond acceptors (Lipinski definition) is 2. The number of aliphatic hydroxyl groups excluding tert-OH is 1. The van der Waals surface area contributed by atoms with E-state index in [0.29, 0.717) is 6.54 Å². The van der Waals surface area contributed by atoms with E-state index < -0.39 is 6.10 Å². The van der Waals surface area contributed by atoms with Gasteiger partial charge in [0.05, 0.1) is 6.10 Å². The summed E-state index contributed by atoms with van der Waals surface area (Å²) in [6.07, 6.45) is 1.39. The average Bonchev–Trinajstić information content (AvgIpc) is 2.70. The van der Waals surface area contributed by atoms with Crippen LogP contribution in [0, 0.1) is 6.92 Å². The number of benzene rings is 3. The third-order valence-corrected chi connectivity index (χ3v) is 4.82. The maximum absolute atomic E-state index is 10.5. The van der Waals surface area contributed by atoms with Gasteiger partial charge in [-0.3, -0.25) is 4.90 Å². The standard InChI is InChI=1S/C25H27NO/c1-3-17-26(19-25(27)23-10-5-4-6-11-23)18-21-13-15-22(16-14-21)24-12-8-7-9-20(24)2/h3-16,25,27H,1,17-19H2,2H3. The van der Waals surface area contributed by atoms with Crippen LogP contribution in [0.15, 0.2) is 91.5 Å². The highest BCUT2D eigenvalue weighted by atomic mass is 16.3. The molecular formula is C25H27NO. The Balaban J connectivity index is 1.69. The van der Waals surface area contributed by atoms with Gasteiger partial charge < -0.3 is 5.11 Å². The quantitative estimate of drug-likeness (QED) is 0.547. The molecule has 0 radical (unpaired) electrons. The summed E-state index contributed by atoms with van der Waals surface area (Å²) in [4.78, 5) is 2.22. The lowest BCUT2D eigenvalue weighted by molar-refractivity contribution is 0.116. The molecule has 0 saturated carbocycles. The molecule has 0 spiro atoms. The van der Waals surface area contributed by atoms with Crippen molar-refractivity contribution in [2.45, 2.75) is 19.6 Å². The molecule has 3 aromatic carbocycles. The minimum absolute atomic E-state index is 0.502. The predicted molar refractivity (Wildman–Crippen MR) is 113 cm³/mol. The summed E-state index contributed by atoms with van der Waals surface area (Å²) in [5, 5.41) is 10.5. The number of rotatable bonds is 8. The second-order valence-electron chi connectivity index (χ2n) is 6.92. The molecule has 0 heterocycles. The van der Waals surface area contributed by atoms with Crippen molar-refractivity contribution in [3.63, 3.8) is 0 Å². The van der Waals surface area contributed by atoms with Crippen molar-refractivity contribution in [2.75, 3.05) is 13.1 Å². The van der Waals surface area contributed by atoms with Gasteiger partial charge in [-0.2, -0.15) is 0 Å². The fraction of sp³-hybridized carbons (Fsp3) is 0.200. The maximum atomic E-state index is 10.5. The molecule has 0 aliphatic heterocycles. The topological polar surface area (TPSA) is 23.5 Å². The normalized spacial score (nSPS) is 12.1. The summed E-state index contributed by atoms with van der Waals surface area (Å²) >= 11 is 0. The van der Waals surface area contributed by atoms with Gasteiger partial charge in [0.1, 0.15) is 0 Å². The van der Waals surface area contributed by atoms with Gasteiger partial charge >= 0.3 is 0 Å². The van der Waals surface area contributed by atoms with Crippen molar-refractivity contribution in [3.05, 3.63) is 108 Å². The summed E-state index contributed by atoms with van der Waals surface area (Å²) in [6, 6.07) is 27.0. The van der Waals surface area contributed by atoms with Crippen LogP contribution in [0.1, 0.15) is 22.8 Å². The highest BCUT2D eigenvalue weighted by Gasteiger charge is 2.13. The number of nitrogens with zero attached hydrogens (tertiary/aromatic N) is 1. The molecule has 0 aromatic heterocycles. The largest absolute Gasteiger partial charge is 0.387 e. The van der Waals surface area contributed by atoms with Gasteiger partial charge in [0.15, 0.2) is 0 Å². The first-order valence-electron chi connectivity index (χ1n) is 9.38. The van der Waals surface area contributed by atoms with Crippen molar-refractivity contribution in [2.24, 2.45) is 0 Å². The third kappa shape index (κ3) is 5.16. The average molecular weight is 357 g/mol. The van der Waals surface area contributed by atoms with Crippen LogP contribution in [0.4, 0.5) is 0 Å². The van der Waals surface area contributed by atoms with E-state index in [4.69, 9.17) is 0 Å². The van der Waals surface area contributed by atoms with E-state index in [1.807, 2.05) is 36.4 Å². The first-order chi connectivity index (χ1) is 13.2. The molecule has 0 amide bonds. The molecule has 0 saturated heterocycles. The van der Waals surface area contributed by atoms with Gasteiger partial charge in [0.2, 0.25) is 0 Å². The Morgan fingerprint density at radius 3 is 2.26 bits per heavy atom. The molecule has 27 heavy (non-hydrogen) atoms. The summed E-state index contributed by atoms with van der Waals surface area (Å²) < 4.78 is 0. The van der Waals surface area contributed by atoms with Crippen LogP contribution in [0.2, 0.25) is 0 Å². The Morgan fingerprint density at radius 1 is 0.926 bits per heavy atom. The maximum Gasteiger partial charge on any atom is 0.0917 e. The van der Waals surface area contributed by atoms with E-state index in [9.17, 15) is 5.11 Å². The molecule has 3 rings (SSSR count). The Morgan fingerprint density at radius 2 is 1.59 bits per heavy atom. The molecule has 0 bridgehead atoms. The minimum atomic E-state index is -0.502. The Hall–Kier alpha value is -2.68. The zero-order valence-electron chi connectivity index (χ0n) is 15.9. The van der Waals surface area contributed by atoms with E-state index >= 15 is 0 Å². The molecule has 2 nitrogen and oxygen atoms in total. The van der Waals surface area contributed by atoms with E-state index in [1.54, 1.807) is 0 Å². The van der Waals surface area contributed by atoms with Crippen molar-refractivity contribution in [1.82, 2.24) is 4.90 Å².